The number of rotatable bonds is 6. The molecule has 5 nitrogen and oxygen atoms in total. The molecule has 154 valence electrons. The summed E-state index contributed by atoms with van der Waals surface area (Å²) in [5, 5.41) is 9.93. The van der Waals surface area contributed by atoms with Crippen LogP contribution < -0.4 is 0 Å². The van der Waals surface area contributed by atoms with Gasteiger partial charge in [0.25, 0.3) is 0 Å². The molecule has 0 aliphatic rings. The molecule has 0 amide bonds. The first-order valence-electron chi connectivity index (χ1n) is 10.2. The zero-order chi connectivity index (χ0) is 21.3. The van der Waals surface area contributed by atoms with Gasteiger partial charge in [-0.3, -0.25) is 4.68 Å². The summed E-state index contributed by atoms with van der Waals surface area (Å²) in [5.41, 5.74) is 4.97. The quantitative estimate of drug-likeness (QED) is 0.362. The van der Waals surface area contributed by atoms with E-state index in [0.29, 0.717) is 5.02 Å². The minimum absolute atomic E-state index is 0.252. The Bertz CT molecular complexity index is 1290. The molecule has 2 aromatic carbocycles. The van der Waals surface area contributed by atoms with Crippen LogP contribution >= 0.6 is 11.6 Å². The molecule has 0 fully saturated rings. The molecule has 1 atom stereocenters. The normalized spacial score (nSPS) is 13.4. The Morgan fingerprint density at radius 2 is 1.71 bits per heavy atom. The van der Waals surface area contributed by atoms with E-state index in [1.165, 1.54) is 5.56 Å². The highest BCUT2D eigenvalue weighted by molar-refractivity contribution is 6.30. The van der Waals surface area contributed by atoms with Crippen molar-refractivity contribution in [2.45, 2.75) is 25.3 Å². The minimum Gasteiger partial charge on any atom is -0.272 e. The predicted octanol–water partition coefficient (Wildman–Crippen LogP) is 5.45. The standard InChI is InChI=1S/C25H22ClN5/c1-25(18-30-15-5-13-28-30,16-19-6-3-2-4-7-19)23-12-14-27-24-22(17-29-31(23)24)20-8-10-21(26)11-9-20/h2-15,17H,16,18H2,1H3. The van der Waals surface area contributed by atoms with Gasteiger partial charge in [0, 0.05) is 34.6 Å². The maximum absolute atomic E-state index is 6.08. The van der Waals surface area contributed by atoms with Gasteiger partial charge in [-0.1, -0.05) is 61.0 Å². The Balaban J connectivity index is 1.63. The largest absolute Gasteiger partial charge is 0.272 e. The second-order valence-corrected chi connectivity index (χ2v) is 8.49. The van der Waals surface area contributed by atoms with Crippen LogP contribution in [0.25, 0.3) is 16.8 Å². The lowest BCUT2D eigenvalue weighted by atomic mass is 9.80. The van der Waals surface area contributed by atoms with Crippen molar-refractivity contribution in [2.24, 2.45) is 0 Å². The van der Waals surface area contributed by atoms with Crippen LogP contribution in [-0.2, 0) is 18.4 Å². The first-order chi connectivity index (χ1) is 15.1. The average molecular weight is 428 g/mol. The number of fused-ring (bicyclic) bond motifs is 1. The van der Waals surface area contributed by atoms with E-state index in [1.54, 1.807) is 0 Å². The topological polar surface area (TPSA) is 48.0 Å². The number of nitrogens with zero attached hydrogens (tertiary/aromatic N) is 5. The fraction of sp³-hybridized carbons (Fsp3) is 0.160. The maximum atomic E-state index is 6.08. The molecular weight excluding hydrogens is 406 g/mol. The Kier molecular flexibility index (Phi) is 5.04. The van der Waals surface area contributed by atoms with Crippen molar-refractivity contribution < 1.29 is 0 Å². The smallest absolute Gasteiger partial charge is 0.163 e. The van der Waals surface area contributed by atoms with Crippen molar-refractivity contribution in [3.05, 3.63) is 108 Å². The zero-order valence-corrected chi connectivity index (χ0v) is 17.9. The Morgan fingerprint density at radius 3 is 2.45 bits per heavy atom. The lowest BCUT2D eigenvalue weighted by molar-refractivity contribution is 0.356. The Labute approximate surface area is 185 Å². The lowest BCUT2D eigenvalue weighted by Crippen LogP contribution is -2.33. The molecule has 1 unspecified atom stereocenters. The Morgan fingerprint density at radius 1 is 0.903 bits per heavy atom. The van der Waals surface area contributed by atoms with Crippen LogP contribution in [0.3, 0.4) is 0 Å². The molecule has 0 saturated carbocycles. The summed E-state index contributed by atoms with van der Waals surface area (Å²) in [6, 6.07) is 22.4. The molecule has 0 N–H and O–H groups in total. The summed E-state index contributed by atoms with van der Waals surface area (Å²) in [5.74, 6) is 0. The van der Waals surface area contributed by atoms with E-state index >= 15 is 0 Å². The van der Waals surface area contributed by atoms with Gasteiger partial charge < -0.3 is 0 Å². The maximum Gasteiger partial charge on any atom is 0.163 e. The molecule has 31 heavy (non-hydrogen) atoms. The molecule has 0 radical (unpaired) electrons. The van der Waals surface area contributed by atoms with E-state index in [-0.39, 0.29) is 5.41 Å². The molecule has 5 rings (SSSR count). The van der Waals surface area contributed by atoms with Crippen molar-refractivity contribution >= 4 is 17.2 Å². The van der Waals surface area contributed by atoms with Gasteiger partial charge in [0.2, 0.25) is 0 Å². The van der Waals surface area contributed by atoms with Gasteiger partial charge in [0.1, 0.15) is 0 Å². The molecule has 0 spiro atoms. The summed E-state index contributed by atoms with van der Waals surface area (Å²) in [6.45, 7) is 2.99. The average Bonchev–Trinajstić information content (AvgIpc) is 3.44. The van der Waals surface area contributed by atoms with E-state index < -0.39 is 0 Å². The van der Waals surface area contributed by atoms with Gasteiger partial charge in [0.05, 0.1) is 18.4 Å². The lowest BCUT2D eigenvalue weighted by Gasteiger charge is -2.30. The van der Waals surface area contributed by atoms with Crippen molar-refractivity contribution in [3.63, 3.8) is 0 Å². The number of hydrogen-bond acceptors (Lipinski definition) is 3. The van der Waals surface area contributed by atoms with Gasteiger partial charge in [0.15, 0.2) is 5.65 Å². The van der Waals surface area contributed by atoms with Crippen molar-refractivity contribution in [1.82, 2.24) is 24.4 Å². The third-order valence-corrected chi connectivity index (χ3v) is 5.93. The molecule has 5 aromatic rings. The molecular formula is C25H22ClN5. The first kappa shape index (κ1) is 19.5. The molecule has 0 saturated heterocycles. The fourth-order valence-corrected chi connectivity index (χ4v) is 4.33. The number of aromatic nitrogens is 5. The van der Waals surface area contributed by atoms with Gasteiger partial charge >= 0.3 is 0 Å². The second kappa shape index (κ2) is 8.00. The highest BCUT2D eigenvalue weighted by Gasteiger charge is 2.31. The zero-order valence-electron chi connectivity index (χ0n) is 17.2. The van der Waals surface area contributed by atoms with Crippen molar-refractivity contribution in [1.29, 1.82) is 0 Å². The summed E-state index contributed by atoms with van der Waals surface area (Å²) >= 11 is 6.08. The van der Waals surface area contributed by atoms with Crippen LogP contribution in [0.2, 0.25) is 5.02 Å². The van der Waals surface area contributed by atoms with Gasteiger partial charge in [-0.05, 0) is 41.8 Å². The van der Waals surface area contributed by atoms with E-state index in [0.717, 1.165) is 35.4 Å². The number of hydrogen-bond donors (Lipinski definition) is 0. The van der Waals surface area contributed by atoms with Crippen LogP contribution in [-0.4, -0.2) is 24.4 Å². The molecule has 0 aliphatic heterocycles. The van der Waals surface area contributed by atoms with E-state index in [4.69, 9.17) is 16.7 Å². The van der Waals surface area contributed by atoms with Crippen LogP contribution in [0.1, 0.15) is 18.2 Å². The highest BCUT2D eigenvalue weighted by Crippen LogP contribution is 2.32. The van der Waals surface area contributed by atoms with Crippen molar-refractivity contribution in [2.75, 3.05) is 0 Å². The van der Waals surface area contributed by atoms with E-state index in [2.05, 4.69) is 47.3 Å². The van der Waals surface area contributed by atoms with Crippen LogP contribution in [0.5, 0.6) is 0 Å². The third kappa shape index (κ3) is 3.84. The SMILES string of the molecule is CC(Cc1ccccc1)(Cn1cccn1)c1ccnc2c(-c3ccc(Cl)cc3)cnn12. The monoisotopic (exact) mass is 427 g/mol. The number of benzene rings is 2. The molecule has 0 aliphatic carbocycles. The summed E-state index contributed by atoms with van der Waals surface area (Å²) < 4.78 is 3.95. The van der Waals surface area contributed by atoms with Crippen LogP contribution in [0.15, 0.2) is 91.5 Å². The molecule has 3 heterocycles. The number of halogens is 1. The predicted molar refractivity (Wildman–Crippen MR) is 123 cm³/mol. The van der Waals surface area contributed by atoms with E-state index in [9.17, 15) is 0 Å². The third-order valence-electron chi connectivity index (χ3n) is 5.68. The second-order valence-electron chi connectivity index (χ2n) is 8.06. The fourth-order valence-electron chi connectivity index (χ4n) is 4.21. The Hall–Kier alpha value is -3.44. The molecule has 3 aromatic heterocycles. The van der Waals surface area contributed by atoms with Crippen molar-refractivity contribution in [3.8, 4) is 11.1 Å². The first-order valence-corrected chi connectivity index (χ1v) is 10.6. The molecule has 0 bridgehead atoms. The highest BCUT2D eigenvalue weighted by atomic mass is 35.5. The van der Waals surface area contributed by atoms with E-state index in [1.807, 2.05) is 70.4 Å². The summed E-state index contributed by atoms with van der Waals surface area (Å²) in [4.78, 5) is 4.66. The summed E-state index contributed by atoms with van der Waals surface area (Å²) in [7, 11) is 0. The summed E-state index contributed by atoms with van der Waals surface area (Å²) in [6.07, 6.45) is 8.43. The molecule has 6 heteroatoms. The van der Waals surface area contributed by atoms with Crippen LogP contribution in [0, 0.1) is 0 Å². The van der Waals surface area contributed by atoms with Crippen LogP contribution in [0.4, 0.5) is 0 Å². The van der Waals surface area contributed by atoms with Gasteiger partial charge in [-0.25, -0.2) is 9.50 Å². The van der Waals surface area contributed by atoms with Gasteiger partial charge in [-0.2, -0.15) is 10.2 Å². The van der Waals surface area contributed by atoms with Gasteiger partial charge in [-0.15, -0.1) is 0 Å². The minimum atomic E-state index is -0.252.